The molecule has 294 valence electrons. The van der Waals surface area contributed by atoms with E-state index in [4.69, 9.17) is 4.74 Å². The molecule has 0 aromatic heterocycles. The highest BCUT2D eigenvalue weighted by Gasteiger charge is 2.69. The molecule has 0 radical (unpaired) electrons. The fourth-order valence-electron chi connectivity index (χ4n) is 9.77. The molecule has 0 unspecified atom stereocenters. The molecule has 10 nitrogen and oxygen atoms in total. The highest BCUT2D eigenvalue weighted by molar-refractivity contribution is 6.23. The van der Waals surface area contributed by atoms with Gasteiger partial charge in [-0.15, -0.1) is 0 Å². The SMILES string of the molecule is COc1cc(C=C[C@H]2C3=CC[C@@H]4C(=O)N(c5ccc(C(=O)c6ccccc6)cc5)C(=O)[C@@H]4[C@@H]3C[C@H]3C(=O)N(Nc4ccc(C)cc4)C(=O)[C@@]23c2ccccc2)ccc1O. The number of nitrogens with zero attached hydrogens (tertiary/aromatic N) is 2. The van der Waals surface area contributed by atoms with E-state index >= 15 is 4.79 Å². The fourth-order valence-corrected chi connectivity index (χ4v) is 9.77. The minimum atomic E-state index is -1.41. The number of benzene rings is 5. The summed E-state index contributed by atoms with van der Waals surface area (Å²) in [4.78, 5) is 73.6. The van der Waals surface area contributed by atoms with Crippen molar-refractivity contribution in [3.8, 4) is 11.5 Å². The molecule has 4 amide bonds. The van der Waals surface area contributed by atoms with E-state index in [9.17, 15) is 24.3 Å². The largest absolute Gasteiger partial charge is 0.504 e. The van der Waals surface area contributed by atoms with E-state index in [0.29, 0.717) is 33.6 Å². The predicted octanol–water partition coefficient (Wildman–Crippen LogP) is 7.68. The van der Waals surface area contributed by atoms with E-state index in [0.717, 1.165) is 16.1 Å². The molecule has 0 spiro atoms. The number of phenolic OH excluding ortho intramolecular Hbond substituents is 1. The number of carbonyl (C=O) groups excluding carboxylic acids is 5. The van der Waals surface area contributed by atoms with Crippen LogP contribution in [0.15, 0.2) is 145 Å². The lowest BCUT2D eigenvalue weighted by Gasteiger charge is -2.49. The van der Waals surface area contributed by atoms with E-state index in [1.165, 1.54) is 18.1 Å². The zero-order valence-electron chi connectivity index (χ0n) is 32.4. The summed E-state index contributed by atoms with van der Waals surface area (Å²) in [6.07, 6.45) is 6.20. The van der Waals surface area contributed by atoms with E-state index in [2.05, 4.69) is 5.43 Å². The van der Waals surface area contributed by atoms with Crippen molar-refractivity contribution >= 4 is 46.9 Å². The molecule has 2 aliphatic heterocycles. The molecule has 3 fully saturated rings. The van der Waals surface area contributed by atoms with Crippen molar-refractivity contribution in [2.75, 3.05) is 17.4 Å². The van der Waals surface area contributed by atoms with Crippen LogP contribution in [0.5, 0.6) is 11.5 Å². The number of aryl methyl sites for hydroxylation is 1. The Morgan fingerprint density at radius 2 is 1.47 bits per heavy atom. The van der Waals surface area contributed by atoms with E-state index in [-0.39, 0.29) is 41.9 Å². The summed E-state index contributed by atoms with van der Waals surface area (Å²) in [7, 11) is 1.47. The van der Waals surface area contributed by atoms with Gasteiger partial charge >= 0.3 is 0 Å². The molecule has 59 heavy (non-hydrogen) atoms. The highest BCUT2D eigenvalue weighted by atomic mass is 16.5. The smallest absolute Gasteiger partial charge is 0.260 e. The molecule has 5 aromatic carbocycles. The van der Waals surface area contributed by atoms with Gasteiger partial charge in [0.25, 0.3) is 11.8 Å². The third-order valence-corrected chi connectivity index (χ3v) is 12.6. The zero-order valence-corrected chi connectivity index (χ0v) is 32.4. The summed E-state index contributed by atoms with van der Waals surface area (Å²) >= 11 is 0. The average molecular weight is 784 g/mol. The molecule has 0 bridgehead atoms. The number of carbonyl (C=O) groups is 5. The van der Waals surface area contributed by atoms with E-state index < -0.39 is 46.8 Å². The normalized spacial score (nSPS) is 24.8. The summed E-state index contributed by atoms with van der Waals surface area (Å²) in [5, 5.41) is 11.5. The molecule has 4 aliphatic rings. The Bertz CT molecular complexity index is 2570. The van der Waals surface area contributed by atoms with Crippen molar-refractivity contribution in [2.45, 2.75) is 25.2 Å². The van der Waals surface area contributed by atoms with Crippen molar-refractivity contribution in [3.05, 3.63) is 173 Å². The number of anilines is 2. The molecular weight excluding hydrogens is 743 g/mol. The number of ketones is 1. The summed E-state index contributed by atoms with van der Waals surface area (Å²) < 4.78 is 5.39. The number of rotatable bonds is 9. The molecule has 2 saturated heterocycles. The Morgan fingerprint density at radius 1 is 0.797 bits per heavy atom. The van der Waals surface area contributed by atoms with Crippen LogP contribution in [0, 0.1) is 36.5 Å². The topological polar surface area (TPSA) is 133 Å². The molecule has 9 rings (SSSR count). The van der Waals surface area contributed by atoms with Gasteiger partial charge in [0, 0.05) is 17.0 Å². The quantitative estimate of drug-likeness (QED) is 0.0885. The van der Waals surface area contributed by atoms with Gasteiger partial charge in [-0.25, -0.2) is 0 Å². The molecular formula is C49H41N3O7. The summed E-state index contributed by atoms with van der Waals surface area (Å²) in [6, 6.07) is 37.1. The van der Waals surface area contributed by atoms with Crippen LogP contribution in [0.3, 0.4) is 0 Å². The second-order valence-corrected chi connectivity index (χ2v) is 15.7. The van der Waals surface area contributed by atoms with Crippen LogP contribution in [0.25, 0.3) is 6.08 Å². The fraction of sp³-hybridized carbons (Fsp3) is 0.204. The molecule has 2 heterocycles. The van der Waals surface area contributed by atoms with Crippen molar-refractivity contribution < 1.29 is 33.8 Å². The Kier molecular flexibility index (Phi) is 9.35. The van der Waals surface area contributed by atoms with Gasteiger partial charge < -0.3 is 9.84 Å². The Labute approximate surface area is 341 Å². The molecule has 10 heteroatoms. The van der Waals surface area contributed by atoms with Crippen LogP contribution in [0.1, 0.15) is 45.5 Å². The van der Waals surface area contributed by atoms with Gasteiger partial charge in [-0.1, -0.05) is 108 Å². The maximum Gasteiger partial charge on any atom is 0.260 e. The average Bonchev–Trinajstić information content (AvgIpc) is 3.65. The van der Waals surface area contributed by atoms with Crippen molar-refractivity contribution in [1.29, 1.82) is 0 Å². The van der Waals surface area contributed by atoms with E-state index in [1.807, 2.05) is 85.8 Å². The predicted molar refractivity (Wildman–Crippen MR) is 222 cm³/mol. The number of fused-ring (bicyclic) bond motifs is 4. The van der Waals surface area contributed by atoms with Crippen LogP contribution in [-0.2, 0) is 24.6 Å². The Balaban J connectivity index is 1.14. The number of hydrazine groups is 1. The first-order valence-electron chi connectivity index (χ1n) is 19.7. The number of methoxy groups -OCH3 is 1. The number of allylic oxidation sites excluding steroid dienone is 3. The number of amides is 4. The van der Waals surface area contributed by atoms with Gasteiger partial charge in [0.1, 0.15) is 0 Å². The number of imide groups is 2. The van der Waals surface area contributed by atoms with Crippen LogP contribution < -0.4 is 15.1 Å². The van der Waals surface area contributed by atoms with Crippen molar-refractivity contribution in [2.24, 2.45) is 29.6 Å². The van der Waals surface area contributed by atoms with Gasteiger partial charge in [-0.2, -0.15) is 5.01 Å². The first-order chi connectivity index (χ1) is 28.6. The lowest BCUT2D eigenvalue weighted by Crippen LogP contribution is -2.54. The van der Waals surface area contributed by atoms with Gasteiger partial charge in [0.15, 0.2) is 17.3 Å². The summed E-state index contributed by atoms with van der Waals surface area (Å²) in [6.45, 7) is 1.95. The first-order valence-corrected chi connectivity index (χ1v) is 19.7. The van der Waals surface area contributed by atoms with Gasteiger partial charge in [0.2, 0.25) is 11.8 Å². The standard InChI is InChI=1S/C49H41N3O7/c1-29-13-19-34(20-14-29)50-52-46(56)40-28-38-36(39(25-15-30-16-26-41(53)42(27-30)59-2)49(40,48(52)58)33-11-7-4-8-12-33)23-24-37-43(38)47(57)51(45(37)55)35-21-17-32(18-22-35)44(54)31-9-5-3-6-10-31/h3-23,25-27,37-40,43,50,53H,24,28H2,1-2H3/t37-,38+,39-,40-,43-,49-/m0/s1. The monoisotopic (exact) mass is 783 g/mol. The molecule has 1 saturated carbocycles. The van der Waals surface area contributed by atoms with Gasteiger partial charge in [-0.3, -0.25) is 34.3 Å². The highest BCUT2D eigenvalue weighted by Crippen LogP contribution is 2.61. The molecule has 2 aliphatic carbocycles. The van der Waals surface area contributed by atoms with Crippen LogP contribution in [0.4, 0.5) is 11.4 Å². The number of aromatic hydroxyl groups is 1. The summed E-state index contributed by atoms with van der Waals surface area (Å²) in [5.41, 5.74) is 6.81. The third-order valence-electron chi connectivity index (χ3n) is 12.6. The lowest BCUT2D eigenvalue weighted by atomic mass is 9.50. The third kappa shape index (κ3) is 6.05. The van der Waals surface area contributed by atoms with Crippen LogP contribution >= 0.6 is 0 Å². The van der Waals surface area contributed by atoms with Crippen LogP contribution in [0.2, 0.25) is 0 Å². The lowest BCUT2D eigenvalue weighted by molar-refractivity contribution is -0.139. The minimum absolute atomic E-state index is 0.0231. The number of hydrogen-bond acceptors (Lipinski definition) is 8. The Hall–Kier alpha value is -7.07. The second-order valence-electron chi connectivity index (χ2n) is 15.7. The van der Waals surface area contributed by atoms with Crippen LogP contribution in [-0.4, -0.2) is 46.6 Å². The maximum absolute atomic E-state index is 15.3. The van der Waals surface area contributed by atoms with Gasteiger partial charge in [-0.05, 0) is 85.3 Å². The zero-order chi connectivity index (χ0) is 41.0. The molecule has 6 atom stereocenters. The molecule has 2 N–H and O–H groups in total. The number of hydrogen-bond donors (Lipinski definition) is 2. The number of phenols is 1. The number of nitrogens with one attached hydrogen (secondary N) is 1. The minimum Gasteiger partial charge on any atom is -0.504 e. The maximum atomic E-state index is 15.3. The van der Waals surface area contributed by atoms with Crippen molar-refractivity contribution in [3.63, 3.8) is 0 Å². The van der Waals surface area contributed by atoms with Crippen molar-refractivity contribution in [1.82, 2.24) is 5.01 Å². The van der Waals surface area contributed by atoms with E-state index in [1.54, 1.807) is 60.7 Å². The van der Waals surface area contributed by atoms with Gasteiger partial charge in [0.05, 0.1) is 41.7 Å². The molecule has 5 aromatic rings. The second kappa shape index (κ2) is 14.7. The Morgan fingerprint density at radius 3 is 2.17 bits per heavy atom. The number of ether oxygens (including phenoxy) is 1. The summed E-state index contributed by atoms with van der Waals surface area (Å²) in [5.74, 6) is -5.08. The first kappa shape index (κ1) is 37.5.